The molecule has 2 aromatic carbocycles. The fourth-order valence-electron chi connectivity index (χ4n) is 4.15. The minimum Gasteiger partial charge on any atom is -0.398 e. The second kappa shape index (κ2) is 23.7. The molecule has 0 spiro atoms. The quantitative estimate of drug-likeness (QED) is 0.0724. The van der Waals surface area contributed by atoms with Crippen LogP contribution >= 0.6 is 67.3 Å². The number of benzene rings is 2. The van der Waals surface area contributed by atoms with E-state index >= 15 is 0 Å². The Morgan fingerprint density at radius 1 is 0.815 bits per heavy atom. The predicted octanol–water partition coefficient (Wildman–Crippen LogP) is 6.17. The van der Waals surface area contributed by atoms with Crippen LogP contribution in [0.3, 0.4) is 0 Å². The number of rotatable bonds is 9. The number of hydrogen-bond donors (Lipinski definition) is 5. The number of urea groups is 1. The van der Waals surface area contributed by atoms with Gasteiger partial charge in [-0.3, -0.25) is 20.2 Å². The standard InChI is InChI=1S/C15H19BrFN7O2.C10H10BrFN6O.C4H11N.CCl2S/c1-5-24(6-2)15(26)18-12-8(3)11(10(17)7-9(12)16)13(25)19-14-20-21-22-23(14)4;1-4-7(6(12)3-5(11)8(4)13)9(19)14-10-15-16-17-18(10)2;1-3-5-4-2;2-1(3)4/h7H,5-6H2,1-4H3,(H,18,26)(H,19,20,22,25);3H,13H2,1-2H3,(H,14,15,17,19);5H,3-4H2,1-2H3;. The van der Waals surface area contributed by atoms with Crippen molar-refractivity contribution in [2.24, 2.45) is 14.1 Å². The second-order valence-electron chi connectivity index (χ2n) is 10.4. The zero-order chi connectivity index (χ0) is 41.3. The van der Waals surface area contributed by atoms with Gasteiger partial charge in [0.25, 0.3) is 11.8 Å². The predicted molar refractivity (Wildman–Crippen MR) is 216 cm³/mol. The van der Waals surface area contributed by atoms with Gasteiger partial charge in [-0.25, -0.2) is 22.9 Å². The monoisotopic (exact) mass is 942 g/mol. The van der Waals surface area contributed by atoms with Crippen molar-refractivity contribution in [3.63, 3.8) is 0 Å². The summed E-state index contributed by atoms with van der Waals surface area (Å²) in [5, 5.41) is 31.8. The summed E-state index contributed by atoms with van der Waals surface area (Å²) in [6.45, 7) is 14.2. The Hall–Kier alpha value is -3.96. The Balaban J connectivity index is 0.000000453. The summed E-state index contributed by atoms with van der Waals surface area (Å²) in [7, 11) is 3.09. The topological polar surface area (TPSA) is 216 Å². The fourth-order valence-corrected chi connectivity index (χ4v) is 5.25. The van der Waals surface area contributed by atoms with E-state index in [0.717, 1.165) is 25.2 Å². The van der Waals surface area contributed by atoms with Crippen molar-refractivity contribution >= 4 is 112 Å². The average molecular weight is 946 g/mol. The summed E-state index contributed by atoms with van der Waals surface area (Å²) in [5.41, 5.74) is 6.68. The summed E-state index contributed by atoms with van der Waals surface area (Å²) >= 11 is 20.0. The van der Waals surface area contributed by atoms with Crippen molar-refractivity contribution in [1.82, 2.24) is 50.6 Å². The molecule has 0 saturated heterocycles. The third-order valence-corrected chi connectivity index (χ3v) is 8.22. The SMILES string of the molecule is CCN(CC)C(=O)Nc1c(Br)cc(F)c(C(=O)Nc2nnnn2C)c1C.CCNCC.Cc1c(N)c(Br)cc(F)c1C(=O)Nc1nnnn1C.S=C(Cl)Cl. The third-order valence-electron chi connectivity index (χ3n) is 6.94. The van der Waals surface area contributed by atoms with Crippen LogP contribution < -0.4 is 27.0 Å². The molecule has 6 N–H and O–H groups in total. The summed E-state index contributed by atoms with van der Waals surface area (Å²) in [6, 6.07) is 1.94. The second-order valence-corrected chi connectivity index (χ2v) is 13.9. The average Bonchev–Trinajstić information content (AvgIpc) is 3.69. The van der Waals surface area contributed by atoms with Gasteiger partial charge in [-0.05, 0) is 117 Å². The molecular formula is C30H40Br2Cl2F2N14O3S. The summed E-state index contributed by atoms with van der Waals surface area (Å²) < 4.78 is 31.5. The van der Waals surface area contributed by atoms with Gasteiger partial charge in [-0.2, -0.15) is 0 Å². The maximum absolute atomic E-state index is 14.4. The summed E-state index contributed by atoms with van der Waals surface area (Å²) in [4.78, 5) is 38.4. The molecule has 24 heteroatoms. The van der Waals surface area contributed by atoms with Crippen LogP contribution in [0.4, 0.5) is 36.8 Å². The molecule has 54 heavy (non-hydrogen) atoms. The van der Waals surface area contributed by atoms with E-state index in [9.17, 15) is 23.2 Å². The number of hydrogen-bond acceptors (Lipinski definition) is 12. The van der Waals surface area contributed by atoms with E-state index in [-0.39, 0.29) is 38.4 Å². The first-order valence-corrected chi connectivity index (χ1v) is 18.5. The van der Waals surface area contributed by atoms with Crippen LogP contribution in [-0.2, 0) is 14.1 Å². The normalized spacial score (nSPS) is 10.0. The van der Waals surface area contributed by atoms with Gasteiger partial charge in [0.05, 0.1) is 16.8 Å². The molecule has 0 atom stereocenters. The lowest BCUT2D eigenvalue weighted by molar-refractivity contribution is 0.101. The Labute approximate surface area is 342 Å². The number of aromatic nitrogens is 8. The van der Waals surface area contributed by atoms with E-state index < -0.39 is 23.4 Å². The molecular weight excluding hydrogens is 905 g/mol. The Morgan fingerprint density at radius 2 is 1.22 bits per heavy atom. The fraction of sp³-hybridized carbons (Fsp3) is 0.400. The van der Waals surface area contributed by atoms with Crippen molar-refractivity contribution in [2.45, 2.75) is 41.5 Å². The smallest absolute Gasteiger partial charge is 0.321 e. The summed E-state index contributed by atoms with van der Waals surface area (Å²) in [6.07, 6.45) is 0. The molecule has 2 aromatic heterocycles. The lowest BCUT2D eigenvalue weighted by Crippen LogP contribution is -2.35. The first kappa shape index (κ1) is 48.1. The number of nitrogens with zero attached hydrogens (tertiary/aromatic N) is 9. The van der Waals surface area contributed by atoms with Gasteiger partial charge in [-0.15, -0.1) is 0 Å². The molecule has 0 aliphatic rings. The number of amides is 4. The van der Waals surface area contributed by atoms with E-state index in [1.807, 2.05) is 13.8 Å². The minimum atomic E-state index is -0.733. The van der Waals surface area contributed by atoms with Crippen LogP contribution in [0.5, 0.6) is 0 Å². The number of tetrazole rings is 2. The van der Waals surface area contributed by atoms with Crippen LogP contribution in [-0.4, -0.2) is 93.1 Å². The van der Waals surface area contributed by atoms with E-state index in [4.69, 9.17) is 28.9 Å². The molecule has 0 saturated carbocycles. The zero-order valence-corrected chi connectivity index (χ0v) is 36.0. The van der Waals surface area contributed by atoms with Gasteiger partial charge in [0.15, 0.2) is 3.78 Å². The van der Waals surface area contributed by atoms with Crippen LogP contribution in [0.1, 0.15) is 59.5 Å². The van der Waals surface area contributed by atoms with E-state index in [2.05, 4.69) is 110 Å². The molecule has 4 aromatic rings. The maximum Gasteiger partial charge on any atom is 0.321 e. The minimum absolute atomic E-state index is 0.0556. The molecule has 2 heterocycles. The highest BCUT2D eigenvalue weighted by atomic mass is 79.9. The van der Waals surface area contributed by atoms with E-state index in [1.54, 1.807) is 25.8 Å². The number of thiocarbonyl (C=S) groups is 1. The Morgan fingerprint density at radius 3 is 1.57 bits per heavy atom. The van der Waals surface area contributed by atoms with Gasteiger partial charge in [-0.1, -0.05) is 59.5 Å². The molecule has 4 rings (SSSR count). The highest BCUT2D eigenvalue weighted by Gasteiger charge is 2.24. The number of aryl methyl sites for hydroxylation is 2. The number of nitrogens with one attached hydrogen (secondary N) is 4. The molecule has 0 fully saturated rings. The van der Waals surface area contributed by atoms with Crippen molar-refractivity contribution in [3.8, 4) is 0 Å². The largest absolute Gasteiger partial charge is 0.398 e. The highest BCUT2D eigenvalue weighted by molar-refractivity contribution is 9.11. The van der Waals surface area contributed by atoms with Crippen LogP contribution in [0, 0.1) is 25.5 Å². The summed E-state index contributed by atoms with van der Waals surface area (Å²) in [5.74, 6) is -2.60. The van der Waals surface area contributed by atoms with E-state index in [0.29, 0.717) is 39.0 Å². The van der Waals surface area contributed by atoms with Gasteiger partial charge in [0.1, 0.15) is 11.6 Å². The van der Waals surface area contributed by atoms with Crippen molar-refractivity contribution in [1.29, 1.82) is 0 Å². The zero-order valence-electron chi connectivity index (χ0n) is 30.5. The molecule has 0 radical (unpaired) electrons. The molecule has 0 aliphatic carbocycles. The maximum atomic E-state index is 14.4. The number of nitrogens with two attached hydrogens (primary N) is 1. The van der Waals surface area contributed by atoms with Crippen molar-refractivity contribution < 1.29 is 23.2 Å². The lowest BCUT2D eigenvalue weighted by Gasteiger charge is -2.21. The first-order chi connectivity index (χ1) is 25.4. The van der Waals surface area contributed by atoms with Crippen molar-refractivity contribution in [2.75, 3.05) is 47.9 Å². The number of anilines is 4. The molecule has 0 bridgehead atoms. The molecule has 0 aliphatic heterocycles. The van der Waals surface area contributed by atoms with Crippen LogP contribution in [0.2, 0.25) is 0 Å². The molecule has 17 nitrogen and oxygen atoms in total. The Kier molecular flexibility index (Phi) is 21.1. The highest BCUT2D eigenvalue weighted by Crippen LogP contribution is 2.32. The van der Waals surface area contributed by atoms with Crippen LogP contribution in [0.15, 0.2) is 21.1 Å². The van der Waals surface area contributed by atoms with Crippen LogP contribution in [0.25, 0.3) is 0 Å². The molecule has 296 valence electrons. The van der Waals surface area contributed by atoms with Gasteiger partial charge >= 0.3 is 6.03 Å². The molecule has 4 amide bonds. The van der Waals surface area contributed by atoms with Crippen molar-refractivity contribution in [3.05, 3.63) is 55.0 Å². The lowest BCUT2D eigenvalue weighted by atomic mass is 10.1. The van der Waals surface area contributed by atoms with E-state index in [1.165, 1.54) is 16.4 Å². The van der Waals surface area contributed by atoms with Gasteiger partial charge in [0.2, 0.25) is 11.9 Å². The number of carbonyl (C=O) groups is 3. The number of nitrogen functional groups attached to an aromatic ring is 1. The number of halogens is 6. The van der Waals surface area contributed by atoms with Gasteiger partial charge < -0.3 is 21.3 Å². The first-order valence-electron chi connectivity index (χ1n) is 15.8. The number of carbonyl (C=O) groups excluding carboxylic acids is 3. The Bertz CT molecular complexity index is 1910. The molecule has 0 unspecified atom stereocenters. The third kappa shape index (κ3) is 14.4. The van der Waals surface area contributed by atoms with Gasteiger partial charge in [0, 0.05) is 41.8 Å².